The lowest BCUT2D eigenvalue weighted by Gasteiger charge is -2.18. The number of nitro benzene ring substituents is 1. The molecular weight excluding hydrogens is 372 g/mol. The summed E-state index contributed by atoms with van der Waals surface area (Å²) in [5, 5.41) is 11.9. The number of nitrogens with zero attached hydrogens (tertiary/aromatic N) is 2. The van der Waals surface area contributed by atoms with Crippen molar-refractivity contribution in [2.75, 3.05) is 13.2 Å². The third kappa shape index (κ3) is 5.59. The van der Waals surface area contributed by atoms with Gasteiger partial charge >= 0.3 is 0 Å². The molecule has 0 bridgehead atoms. The van der Waals surface area contributed by atoms with E-state index in [4.69, 9.17) is 9.47 Å². The van der Waals surface area contributed by atoms with Gasteiger partial charge in [-0.05, 0) is 38.8 Å². The van der Waals surface area contributed by atoms with Gasteiger partial charge in [-0.2, -0.15) is 0 Å². The molecular formula is C22H30N2O5. The van der Waals surface area contributed by atoms with Crippen molar-refractivity contribution in [3.63, 3.8) is 0 Å². The fourth-order valence-electron chi connectivity index (χ4n) is 2.92. The van der Waals surface area contributed by atoms with Crippen molar-refractivity contribution in [1.29, 1.82) is 0 Å². The molecule has 7 nitrogen and oxygen atoms in total. The van der Waals surface area contributed by atoms with Crippen molar-refractivity contribution in [2.24, 2.45) is 0 Å². The topological polar surface area (TPSA) is 83.6 Å². The van der Waals surface area contributed by atoms with Gasteiger partial charge in [-0.3, -0.25) is 14.9 Å². The van der Waals surface area contributed by atoms with Crippen molar-refractivity contribution in [1.82, 2.24) is 4.57 Å². The highest BCUT2D eigenvalue weighted by atomic mass is 16.6. The van der Waals surface area contributed by atoms with E-state index in [1.807, 2.05) is 26.8 Å². The van der Waals surface area contributed by atoms with E-state index in [0.717, 1.165) is 31.3 Å². The quantitative estimate of drug-likeness (QED) is 0.222. The van der Waals surface area contributed by atoms with Crippen molar-refractivity contribution < 1.29 is 14.4 Å². The highest BCUT2D eigenvalue weighted by molar-refractivity contribution is 5.89. The zero-order valence-corrected chi connectivity index (χ0v) is 17.7. The predicted molar refractivity (Wildman–Crippen MR) is 115 cm³/mol. The number of hydrogen-bond acceptors (Lipinski definition) is 5. The number of ether oxygens (including phenoxy) is 2. The van der Waals surface area contributed by atoms with Crippen LogP contribution >= 0.6 is 0 Å². The molecule has 2 aromatic rings. The lowest BCUT2D eigenvalue weighted by molar-refractivity contribution is -0.384. The van der Waals surface area contributed by atoms with E-state index in [1.165, 1.54) is 12.1 Å². The average Bonchev–Trinajstić information content (AvgIpc) is 2.68. The summed E-state index contributed by atoms with van der Waals surface area (Å²) in [7, 11) is 0. The van der Waals surface area contributed by atoms with Crippen LogP contribution in [0.15, 0.2) is 34.6 Å². The Morgan fingerprint density at radius 2 is 1.86 bits per heavy atom. The van der Waals surface area contributed by atoms with E-state index in [-0.39, 0.29) is 23.6 Å². The summed E-state index contributed by atoms with van der Waals surface area (Å²) in [5.74, 6) is 0.527. The number of rotatable bonds is 11. The second-order valence-corrected chi connectivity index (χ2v) is 7.22. The monoisotopic (exact) mass is 402 g/mol. The number of aryl methyl sites for hydroxylation is 1. The molecule has 0 radical (unpaired) electrons. The van der Waals surface area contributed by atoms with Crippen molar-refractivity contribution in [3.8, 4) is 11.5 Å². The minimum atomic E-state index is -0.455. The number of aromatic nitrogens is 1. The number of allylic oxidation sites excluding steroid dienone is 1. The molecule has 0 atom stereocenters. The lowest BCUT2D eigenvalue weighted by Crippen LogP contribution is -2.24. The highest BCUT2D eigenvalue weighted by Gasteiger charge is 2.21. The van der Waals surface area contributed by atoms with Crippen LogP contribution in [0, 0.1) is 10.1 Å². The van der Waals surface area contributed by atoms with Crippen molar-refractivity contribution >= 4 is 16.6 Å². The Morgan fingerprint density at radius 3 is 2.48 bits per heavy atom. The molecule has 7 heteroatoms. The van der Waals surface area contributed by atoms with Gasteiger partial charge in [0.25, 0.3) is 11.2 Å². The second-order valence-electron chi connectivity index (χ2n) is 7.22. The lowest BCUT2D eigenvalue weighted by atomic mass is 10.1. The zero-order valence-electron chi connectivity index (χ0n) is 17.7. The minimum absolute atomic E-state index is 0.0583. The fourth-order valence-corrected chi connectivity index (χ4v) is 2.92. The fraction of sp³-hybridized carbons (Fsp3) is 0.500. The van der Waals surface area contributed by atoms with E-state index in [2.05, 4.69) is 6.92 Å². The normalized spacial score (nSPS) is 10.8. The Hall–Kier alpha value is -2.83. The molecule has 0 N–H and O–H groups in total. The third-order valence-electron chi connectivity index (χ3n) is 4.57. The van der Waals surface area contributed by atoms with Crippen LogP contribution < -0.4 is 15.0 Å². The van der Waals surface area contributed by atoms with Gasteiger partial charge < -0.3 is 14.0 Å². The van der Waals surface area contributed by atoms with Gasteiger partial charge in [0.05, 0.1) is 17.0 Å². The molecule has 0 amide bonds. The number of hydrogen-bond donors (Lipinski definition) is 0. The highest BCUT2D eigenvalue weighted by Crippen LogP contribution is 2.35. The summed E-state index contributed by atoms with van der Waals surface area (Å²) in [6.45, 7) is 9.18. The first-order valence-corrected chi connectivity index (χ1v) is 10.1. The van der Waals surface area contributed by atoms with Crippen LogP contribution in [-0.2, 0) is 6.54 Å². The summed E-state index contributed by atoms with van der Waals surface area (Å²) in [5.41, 5.74) is 1.22. The number of pyridine rings is 1. The number of unbranched alkanes of at least 4 members (excludes halogenated alkanes) is 2. The molecule has 29 heavy (non-hydrogen) atoms. The predicted octanol–water partition coefficient (Wildman–Crippen LogP) is 5.23. The van der Waals surface area contributed by atoms with Crippen LogP contribution in [0.2, 0.25) is 0 Å². The molecule has 158 valence electrons. The van der Waals surface area contributed by atoms with Crippen LogP contribution in [0.4, 0.5) is 5.69 Å². The molecule has 1 aromatic carbocycles. The standard InChI is InChI=1S/C22H30N2O5/c1-5-7-12-23-19-15-17(24(26)27)9-10-18(19)20(29-14-11-16(3)4)21(22(23)25)28-13-8-6-2/h9-11,15H,5-8,12-14H2,1-4H3. The van der Waals surface area contributed by atoms with Gasteiger partial charge in [-0.1, -0.05) is 32.3 Å². The average molecular weight is 402 g/mol. The molecule has 1 aromatic heterocycles. The Bertz CT molecular complexity index is 942. The molecule has 0 aliphatic carbocycles. The van der Waals surface area contributed by atoms with E-state index in [1.54, 1.807) is 10.6 Å². The summed E-state index contributed by atoms with van der Waals surface area (Å²) in [6, 6.07) is 4.51. The van der Waals surface area contributed by atoms with Crippen LogP contribution in [0.3, 0.4) is 0 Å². The molecule has 2 rings (SSSR count). The molecule has 0 fully saturated rings. The maximum absolute atomic E-state index is 13.3. The van der Waals surface area contributed by atoms with Gasteiger partial charge in [-0.15, -0.1) is 0 Å². The Morgan fingerprint density at radius 1 is 1.14 bits per heavy atom. The van der Waals surface area contributed by atoms with Gasteiger partial charge in [0, 0.05) is 24.1 Å². The van der Waals surface area contributed by atoms with Crippen LogP contribution in [0.25, 0.3) is 10.9 Å². The smallest absolute Gasteiger partial charge is 0.297 e. The van der Waals surface area contributed by atoms with Crippen LogP contribution in [0.1, 0.15) is 53.4 Å². The molecule has 0 saturated heterocycles. The molecule has 0 unspecified atom stereocenters. The van der Waals surface area contributed by atoms with E-state index in [0.29, 0.717) is 29.8 Å². The summed E-state index contributed by atoms with van der Waals surface area (Å²) < 4.78 is 13.4. The van der Waals surface area contributed by atoms with Gasteiger partial charge in [-0.25, -0.2) is 0 Å². The van der Waals surface area contributed by atoms with Crippen LogP contribution in [-0.4, -0.2) is 22.7 Å². The first-order chi connectivity index (χ1) is 13.9. The minimum Gasteiger partial charge on any atom is -0.485 e. The number of fused-ring (bicyclic) bond motifs is 1. The van der Waals surface area contributed by atoms with E-state index >= 15 is 0 Å². The summed E-state index contributed by atoms with van der Waals surface area (Å²) in [6.07, 6.45) is 5.35. The number of nitro groups is 1. The Kier molecular flexibility index (Phi) is 8.24. The zero-order chi connectivity index (χ0) is 21.4. The first kappa shape index (κ1) is 22.5. The van der Waals surface area contributed by atoms with E-state index in [9.17, 15) is 14.9 Å². The second kappa shape index (κ2) is 10.6. The summed E-state index contributed by atoms with van der Waals surface area (Å²) >= 11 is 0. The third-order valence-corrected chi connectivity index (χ3v) is 4.57. The van der Waals surface area contributed by atoms with E-state index < -0.39 is 4.92 Å². The van der Waals surface area contributed by atoms with Gasteiger partial charge in [0.15, 0.2) is 5.75 Å². The summed E-state index contributed by atoms with van der Waals surface area (Å²) in [4.78, 5) is 24.1. The van der Waals surface area contributed by atoms with Crippen molar-refractivity contribution in [3.05, 3.63) is 50.3 Å². The Balaban J connectivity index is 2.71. The van der Waals surface area contributed by atoms with Crippen molar-refractivity contribution in [2.45, 2.75) is 59.9 Å². The largest absolute Gasteiger partial charge is 0.485 e. The number of non-ortho nitro benzene ring substituents is 1. The van der Waals surface area contributed by atoms with Gasteiger partial charge in [0.2, 0.25) is 5.75 Å². The van der Waals surface area contributed by atoms with Gasteiger partial charge in [0.1, 0.15) is 6.61 Å². The molecule has 0 aliphatic heterocycles. The first-order valence-electron chi connectivity index (χ1n) is 10.1. The Labute approximate surface area is 171 Å². The number of benzene rings is 1. The maximum atomic E-state index is 13.3. The SMILES string of the molecule is CCCCOc1c(OCC=C(C)C)c2ccc([N+](=O)[O-])cc2n(CCCC)c1=O. The molecule has 0 aliphatic rings. The van der Waals surface area contributed by atoms with Crippen LogP contribution in [0.5, 0.6) is 11.5 Å². The molecule has 1 heterocycles. The molecule has 0 spiro atoms. The maximum Gasteiger partial charge on any atom is 0.297 e. The molecule has 0 saturated carbocycles.